The average Bonchev–Trinajstić information content (AvgIpc) is 1.96. The van der Waals surface area contributed by atoms with Crippen molar-refractivity contribution in [2.24, 2.45) is 0 Å². The van der Waals surface area contributed by atoms with Gasteiger partial charge in [0.1, 0.15) is 0 Å². The molecule has 0 aliphatic rings. The third-order valence-corrected chi connectivity index (χ3v) is 2.52. The lowest BCUT2D eigenvalue weighted by Crippen LogP contribution is -1.84. The van der Waals surface area contributed by atoms with E-state index in [1.54, 1.807) is 6.92 Å². The molecule has 0 N–H and O–H groups in total. The minimum absolute atomic E-state index is 0.137. The van der Waals surface area contributed by atoms with Gasteiger partial charge in [0.25, 0.3) is 0 Å². The molecule has 0 spiro atoms. The predicted molar refractivity (Wildman–Crippen MR) is 52.5 cm³/mol. The number of thioether (sulfide) groups is 1. The van der Waals surface area contributed by atoms with Crippen LogP contribution in [0.4, 0.5) is 0 Å². The highest BCUT2D eigenvalue weighted by atomic mass is 32.2. The molecule has 1 aromatic rings. The number of aryl methyl sites for hydroxylation is 2. The molecule has 12 heavy (non-hydrogen) atoms. The third-order valence-electron chi connectivity index (χ3n) is 1.74. The van der Waals surface area contributed by atoms with Gasteiger partial charge in [-0.15, -0.1) is 0 Å². The second-order valence-corrected chi connectivity index (χ2v) is 4.09. The Morgan fingerprint density at radius 2 is 1.92 bits per heavy atom. The van der Waals surface area contributed by atoms with E-state index in [0.717, 1.165) is 4.90 Å². The zero-order valence-corrected chi connectivity index (χ0v) is 8.37. The van der Waals surface area contributed by atoms with Crippen LogP contribution in [0.5, 0.6) is 0 Å². The zero-order chi connectivity index (χ0) is 9.14. The van der Waals surface area contributed by atoms with Crippen molar-refractivity contribution in [3.05, 3.63) is 29.3 Å². The Bertz CT molecular complexity index is 305. The molecule has 0 saturated carbocycles. The van der Waals surface area contributed by atoms with Crippen molar-refractivity contribution < 1.29 is 4.79 Å². The number of carbonyl (C=O) groups excluding carboxylic acids is 1. The smallest absolute Gasteiger partial charge is 0.190 e. The first kappa shape index (κ1) is 9.33. The monoisotopic (exact) mass is 180 g/mol. The summed E-state index contributed by atoms with van der Waals surface area (Å²) in [6.07, 6.45) is 0. The highest BCUT2D eigenvalue weighted by molar-refractivity contribution is 8.13. The molecule has 0 radical (unpaired) electrons. The molecule has 0 saturated heterocycles. The lowest BCUT2D eigenvalue weighted by Gasteiger charge is -2.01. The Morgan fingerprint density at radius 1 is 1.25 bits per heavy atom. The molecular formula is C10H12OS. The molecule has 0 unspecified atom stereocenters. The van der Waals surface area contributed by atoms with Gasteiger partial charge in [0, 0.05) is 11.8 Å². The van der Waals surface area contributed by atoms with Crippen molar-refractivity contribution in [3.63, 3.8) is 0 Å². The van der Waals surface area contributed by atoms with Crippen molar-refractivity contribution in [2.45, 2.75) is 25.7 Å². The first-order valence-corrected chi connectivity index (χ1v) is 4.67. The largest absolute Gasteiger partial charge is 0.287 e. The van der Waals surface area contributed by atoms with Crippen LogP contribution in [-0.2, 0) is 4.79 Å². The van der Waals surface area contributed by atoms with Gasteiger partial charge in [-0.1, -0.05) is 17.8 Å². The van der Waals surface area contributed by atoms with E-state index in [4.69, 9.17) is 0 Å². The number of rotatable bonds is 1. The zero-order valence-electron chi connectivity index (χ0n) is 7.55. The Balaban J connectivity index is 2.89. The van der Waals surface area contributed by atoms with Gasteiger partial charge in [0.2, 0.25) is 0 Å². The molecule has 0 bridgehead atoms. The number of hydrogen-bond acceptors (Lipinski definition) is 2. The summed E-state index contributed by atoms with van der Waals surface area (Å²) >= 11 is 1.28. The van der Waals surface area contributed by atoms with Gasteiger partial charge in [-0.2, -0.15) is 0 Å². The molecule has 0 aliphatic carbocycles. The maximum absolute atomic E-state index is 10.8. The highest BCUT2D eigenvalue weighted by Crippen LogP contribution is 2.21. The fraction of sp³-hybridized carbons (Fsp3) is 0.300. The van der Waals surface area contributed by atoms with Crippen LogP contribution in [0.3, 0.4) is 0 Å². The lowest BCUT2D eigenvalue weighted by molar-refractivity contribution is -0.109. The summed E-state index contributed by atoms with van der Waals surface area (Å²) in [5.74, 6) is 0. The standard InChI is InChI=1S/C10H12OS/c1-7-4-5-10(6-8(7)2)12-9(3)11/h4-6H,1-3H3. The predicted octanol–water partition coefficient (Wildman–Crippen LogP) is 2.94. The maximum atomic E-state index is 10.8. The van der Waals surface area contributed by atoms with Crippen LogP contribution >= 0.6 is 11.8 Å². The van der Waals surface area contributed by atoms with Crippen LogP contribution in [-0.4, -0.2) is 5.12 Å². The fourth-order valence-electron chi connectivity index (χ4n) is 0.943. The summed E-state index contributed by atoms with van der Waals surface area (Å²) in [6, 6.07) is 6.07. The third kappa shape index (κ3) is 2.38. The van der Waals surface area contributed by atoms with E-state index in [1.165, 1.54) is 22.9 Å². The molecule has 0 amide bonds. The van der Waals surface area contributed by atoms with Crippen molar-refractivity contribution >= 4 is 16.9 Å². The molecular weight excluding hydrogens is 168 g/mol. The lowest BCUT2D eigenvalue weighted by atomic mass is 10.1. The molecule has 0 aliphatic heterocycles. The molecule has 64 valence electrons. The van der Waals surface area contributed by atoms with Gasteiger partial charge >= 0.3 is 0 Å². The van der Waals surface area contributed by atoms with E-state index in [0.29, 0.717) is 0 Å². The van der Waals surface area contributed by atoms with Crippen LogP contribution in [0.2, 0.25) is 0 Å². The minimum atomic E-state index is 0.137. The van der Waals surface area contributed by atoms with Gasteiger partial charge in [-0.3, -0.25) is 4.79 Å². The number of carbonyl (C=O) groups is 1. The second-order valence-electron chi connectivity index (χ2n) is 2.84. The molecule has 1 rings (SSSR count). The van der Waals surface area contributed by atoms with E-state index < -0.39 is 0 Å². The van der Waals surface area contributed by atoms with Crippen LogP contribution in [0.15, 0.2) is 23.1 Å². The average molecular weight is 180 g/mol. The maximum Gasteiger partial charge on any atom is 0.190 e. The van der Waals surface area contributed by atoms with Crippen molar-refractivity contribution in [3.8, 4) is 0 Å². The van der Waals surface area contributed by atoms with E-state index in [1.807, 2.05) is 18.2 Å². The molecule has 0 aromatic heterocycles. The van der Waals surface area contributed by atoms with Gasteiger partial charge in [-0.25, -0.2) is 0 Å². The first-order valence-electron chi connectivity index (χ1n) is 3.85. The van der Waals surface area contributed by atoms with Gasteiger partial charge < -0.3 is 0 Å². The summed E-state index contributed by atoms with van der Waals surface area (Å²) in [6.45, 7) is 5.71. The SMILES string of the molecule is CC(=O)Sc1ccc(C)c(C)c1. The molecule has 0 fully saturated rings. The van der Waals surface area contributed by atoms with Crippen LogP contribution in [0.1, 0.15) is 18.1 Å². The van der Waals surface area contributed by atoms with Crippen molar-refractivity contribution in [2.75, 3.05) is 0 Å². The van der Waals surface area contributed by atoms with E-state index in [9.17, 15) is 4.79 Å². The summed E-state index contributed by atoms with van der Waals surface area (Å²) in [5, 5.41) is 0.137. The number of benzene rings is 1. The van der Waals surface area contributed by atoms with E-state index in [2.05, 4.69) is 13.8 Å². The summed E-state index contributed by atoms with van der Waals surface area (Å²) in [4.78, 5) is 11.8. The van der Waals surface area contributed by atoms with Crippen LogP contribution in [0.25, 0.3) is 0 Å². The topological polar surface area (TPSA) is 17.1 Å². The highest BCUT2D eigenvalue weighted by Gasteiger charge is 1.99. The molecule has 1 nitrogen and oxygen atoms in total. The van der Waals surface area contributed by atoms with Gasteiger partial charge in [0.05, 0.1) is 0 Å². The molecule has 1 aromatic carbocycles. The Hall–Kier alpha value is -0.760. The van der Waals surface area contributed by atoms with Crippen molar-refractivity contribution in [1.29, 1.82) is 0 Å². The Kier molecular flexibility index (Phi) is 2.93. The Morgan fingerprint density at radius 3 is 2.42 bits per heavy atom. The van der Waals surface area contributed by atoms with Crippen molar-refractivity contribution in [1.82, 2.24) is 0 Å². The first-order chi connectivity index (χ1) is 5.59. The quantitative estimate of drug-likeness (QED) is 0.618. The van der Waals surface area contributed by atoms with E-state index in [-0.39, 0.29) is 5.12 Å². The van der Waals surface area contributed by atoms with Gasteiger partial charge in [0.15, 0.2) is 5.12 Å². The molecule has 0 heterocycles. The van der Waals surface area contributed by atoms with Crippen LogP contribution < -0.4 is 0 Å². The second kappa shape index (κ2) is 3.76. The normalized spacial score (nSPS) is 9.92. The molecule has 0 atom stereocenters. The van der Waals surface area contributed by atoms with E-state index >= 15 is 0 Å². The molecule has 2 heteroatoms. The Labute approximate surface area is 77.2 Å². The summed E-state index contributed by atoms with van der Waals surface area (Å²) in [5.41, 5.74) is 2.50. The minimum Gasteiger partial charge on any atom is -0.287 e. The van der Waals surface area contributed by atoms with Crippen LogP contribution in [0, 0.1) is 13.8 Å². The number of hydrogen-bond donors (Lipinski definition) is 0. The summed E-state index contributed by atoms with van der Waals surface area (Å²) < 4.78 is 0. The summed E-state index contributed by atoms with van der Waals surface area (Å²) in [7, 11) is 0. The van der Waals surface area contributed by atoms with Gasteiger partial charge in [-0.05, 0) is 37.1 Å². The fourth-order valence-corrected chi connectivity index (χ4v) is 1.65.